The maximum Gasteiger partial charge on any atom is 0.411 e. The Morgan fingerprint density at radius 2 is 2.00 bits per heavy atom. The number of carbonyl (C=O) groups excluding carboxylic acids is 2. The number of likely N-dealkylation sites (tertiary alicyclic amines) is 1. The number of benzene rings is 1. The van der Waals surface area contributed by atoms with Crippen LogP contribution < -0.4 is 0 Å². The molecule has 0 aliphatic carbocycles. The zero-order valence-corrected chi connectivity index (χ0v) is 14.8. The molecular formula is C18H18N2O5S. The van der Waals surface area contributed by atoms with Gasteiger partial charge in [0, 0.05) is 36.2 Å². The summed E-state index contributed by atoms with van der Waals surface area (Å²) in [6, 6.07) is 7.71. The van der Waals surface area contributed by atoms with Crippen LogP contribution in [0.5, 0.6) is 0 Å². The fourth-order valence-electron chi connectivity index (χ4n) is 3.64. The van der Waals surface area contributed by atoms with E-state index in [1.165, 1.54) is 4.90 Å². The molecule has 2 amide bonds. The van der Waals surface area contributed by atoms with Crippen molar-refractivity contribution in [2.24, 2.45) is 0 Å². The lowest BCUT2D eigenvalue weighted by atomic mass is 9.91. The summed E-state index contributed by atoms with van der Waals surface area (Å²) in [4.78, 5) is 38.5. The third kappa shape index (κ3) is 3.01. The van der Waals surface area contributed by atoms with Crippen molar-refractivity contribution in [3.05, 3.63) is 35.2 Å². The van der Waals surface area contributed by atoms with E-state index in [1.807, 2.05) is 29.6 Å². The number of rotatable bonds is 3. The van der Waals surface area contributed by atoms with Gasteiger partial charge < -0.3 is 14.7 Å². The molecule has 2 fully saturated rings. The molecule has 2 aromatic rings. The molecule has 2 saturated heterocycles. The molecule has 8 heteroatoms. The summed E-state index contributed by atoms with van der Waals surface area (Å²) in [5.74, 6) is -1.09. The first-order valence-corrected chi connectivity index (χ1v) is 9.30. The molecular weight excluding hydrogens is 356 g/mol. The van der Waals surface area contributed by atoms with Gasteiger partial charge in [-0.3, -0.25) is 14.5 Å². The van der Waals surface area contributed by atoms with Crippen LogP contribution >= 0.6 is 11.3 Å². The summed E-state index contributed by atoms with van der Waals surface area (Å²) in [5.41, 5.74) is -0.0246. The van der Waals surface area contributed by atoms with Crippen molar-refractivity contribution in [1.82, 2.24) is 9.80 Å². The highest BCUT2D eigenvalue weighted by Crippen LogP contribution is 2.33. The number of amides is 2. The highest BCUT2D eigenvalue weighted by Gasteiger charge is 2.47. The summed E-state index contributed by atoms with van der Waals surface area (Å²) in [6.45, 7) is 0.869. The molecule has 3 heterocycles. The van der Waals surface area contributed by atoms with Crippen LogP contribution in [-0.4, -0.2) is 64.7 Å². The molecule has 1 aromatic heterocycles. The van der Waals surface area contributed by atoms with Gasteiger partial charge in [-0.15, -0.1) is 11.3 Å². The average Bonchev–Trinajstić information content (AvgIpc) is 3.19. The minimum Gasteiger partial charge on any atom is -0.480 e. The quantitative estimate of drug-likeness (QED) is 0.891. The molecule has 1 spiro atoms. The van der Waals surface area contributed by atoms with E-state index in [1.54, 1.807) is 16.2 Å². The van der Waals surface area contributed by atoms with Gasteiger partial charge in [-0.05, 0) is 35.0 Å². The van der Waals surface area contributed by atoms with Gasteiger partial charge >= 0.3 is 12.1 Å². The number of carboxylic acids is 1. The maximum atomic E-state index is 12.8. The van der Waals surface area contributed by atoms with Crippen LogP contribution in [0.2, 0.25) is 0 Å². The van der Waals surface area contributed by atoms with Gasteiger partial charge in [0.15, 0.2) is 0 Å². The number of nitrogens with zero attached hydrogens (tertiary/aromatic N) is 2. The molecule has 0 radical (unpaired) electrons. The number of thiophene rings is 1. The first-order valence-electron chi connectivity index (χ1n) is 8.42. The summed E-state index contributed by atoms with van der Waals surface area (Å²) in [6.07, 6.45) is 0.442. The summed E-state index contributed by atoms with van der Waals surface area (Å²) in [5, 5.41) is 11.9. The van der Waals surface area contributed by atoms with Crippen LogP contribution in [0.3, 0.4) is 0 Å². The van der Waals surface area contributed by atoms with E-state index in [0.29, 0.717) is 31.5 Å². The van der Waals surface area contributed by atoms with Crippen molar-refractivity contribution < 1.29 is 24.2 Å². The standard InChI is InChI=1S/C18H18N2O5S/c21-15(22)10-20-11-18(25-17(20)24)4-6-19(7-5-18)16(23)13-1-2-14-12(9-13)3-8-26-14/h1-3,8-9H,4-7,10-11H2,(H,21,22). The molecule has 26 heavy (non-hydrogen) atoms. The lowest BCUT2D eigenvalue weighted by Crippen LogP contribution is -2.49. The number of carboxylic acid groups (broad SMARTS) is 1. The second-order valence-electron chi connectivity index (χ2n) is 6.77. The Bertz CT molecular complexity index is 885. The lowest BCUT2D eigenvalue weighted by Gasteiger charge is -2.37. The molecule has 2 aliphatic rings. The Kier molecular flexibility index (Phi) is 4.07. The highest BCUT2D eigenvalue weighted by atomic mass is 32.1. The molecule has 1 aromatic carbocycles. The molecule has 136 valence electrons. The fraction of sp³-hybridized carbons (Fsp3) is 0.389. The monoisotopic (exact) mass is 374 g/mol. The summed E-state index contributed by atoms with van der Waals surface area (Å²) >= 11 is 1.64. The van der Waals surface area contributed by atoms with Gasteiger partial charge in [0.2, 0.25) is 0 Å². The predicted octanol–water partition coefficient (Wildman–Crippen LogP) is 2.41. The van der Waals surface area contributed by atoms with Crippen LogP contribution in [0.25, 0.3) is 10.1 Å². The van der Waals surface area contributed by atoms with Crippen LogP contribution in [0.4, 0.5) is 4.79 Å². The summed E-state index contributed by atoms with van der Waals surface area (Å²) < 4.78 is 6.62. The number of piperidine rings is 1. The smallest absolute Gasteiger partial charge is 0.411 e. The van der Waals surface area contributed by atoms with Crippen molar-refractivity contribution >= 4 is 39.4 Å². The second kappa shape index (κ2) is 6.28. The number of ether oxygens (including phenoxy) is 1. The van der Waals surface area contributed by atoms with Gasteiger partial charge in [0.25, 0.3) is 5.91 Å². The van der Waals surface area contributed by atoms with E-state index in [2.05, 4.69) is 0 Å². The number of hydrogen-bond donors (Lipinski definition) is 1. The largest absolute Gasteiger partial charge is 0.480 e. The molecule has 4 rings (SSSR count). The van der Waals surface area contributed by atoms with Crippen LogP contribution in [0, 0.1) is 0 Å². The van der Waals surface area contributed by atoms with E-state index in [-0.39, 0.29) is 19.0 Å². The lowest BCUT2D eigenvalue weighted by molar-refractivity contribution is -0.137. The van der Waals surface area contributed by atoms with Gasteiger partial charge in [-0.1, -0.05) is 0 Å². The minimum atomic E-state index is -1.06. The zero-order valence-electron chi connectivity index (χ0n) is 14.0. The van der Waals surface area contributed by atoms with Crippen molar-refractivity contribution in [1.29, 1.82) is 0 Å². The fourth-order valence-corrected chi connectivity index (χ4v) is 4.41. The molecule has 1 N–H and O–H groups in total. The molecule has 0 unspecified atom stereocenters. The van der Waals surface area contributed by atoms with Gasteiger partial charge in [0.1, 0.15) is 12.1 Å². The first-order chi connectivity index (χ1) is 12.5. The highest BCUT2D eigenvalue weighted by molar-refractivity contribution is 7.17. The predicted molar refractivity (Wildman–Crippen MR) is 95.4 cm³/mol. The Labute approximate surface area is 153 Å². The number of fused-ring (bicyclic) bond motifs is 1. The van der Waals surface area contributed by atoms with E-state index in [4.69, 9.17) is 9.84 Å². The van der Waals surface area contributed by atoms with E-state index in [0.717, 1.165) is 10.1 Å². The molecule has 0 bridgehead atoms. The van der Waals surface area contributed by atoms with E-state index >= 15 is 0 Å². The Hall–Kier alpha value is -2.61. The Morgan fingerprint density at radius 1 is 1.23 bits per heavy atom. The van der Waals surface area contributed by atoms with Gasteiger partial charge in [0.05, 0.1) is 6.54 Å². The van der Waals surface area contributed by atoms with Crippen molar-refractivity contribution in [2.75, 3.05) is 26.2 Å². The van der Waals surface area contributed by atoms with E-state index < -0.39 is 17.7 Å². The van der Waals surface area contributed by atoms with Crippen molar-refractivity contribution in [3.8, 4) is 0 Å². The Morgan fingerprint density at radius 3 is 2.73 bits per heavy atom. The minimum absolute atomic E-state index is 0.0281. The molecule has 7 nitrogen and oxygen atoms in total. The van der Waals surface area contributed by atoms with E-state index in [9.17, 15) is 14.4 Å². The number of aliphatic carboxylic acids is 1. The van der Waals surface area contributed by atoms with Crippen LogP contribution in [0.1, 0.15) is 23.2 Å². The van der Waals surface area contributed by atoms with Gasteiger partial charge in [-0.25, -0.2) is 4.79 Å². The third-order valence-electron chi connectivity index (χ3n) is 5.03. The number of hydrogen-bond acceptors (Lipinski definition) is 5. The van der Waals surface area contributed by atoms with Crippen LogP contribution in [0.15, 0.2) is 29.6 Å². The van der Waals surface area contributed by atoms with Crippen molar-refractivity contribution in [2.45, 2.75) is 18.4 Å². The first kappa shape index (κ1) is 16.8. The normalized spacial score (nSPS) is 19.2. The maximum absolute atomic E-state index is 12.8. The number of carbonyl (C=O) groups is 3. The van der Waals surface area contributed by atoms with Crippen molar-refractivity contribution in [3.63, 3.8) is 0 Å². The molecule has 0 saturated carbocycles. The summed E-state index contributed by atoms with van der Waals surface area (Å²) in [7, 11) is 0. The SMILES string of the molecule is O=C(O)CN1CC2(CCN(C(=O)c3ccc4sccc4c3)CC2)OC1=O. The third-order valence-corrected chi connectivity index (χ3v) is 5.93. The zero-order chi connectivity index (χ0) is 18.3. The second-order valence-corrected chi connectivity index (χ2v) is 7.71. The average molecular weight is 374 g/mol. The molecule has 0 atom stereocenters. The topological polar surface area (TPSA) is 87.2 Å². The van der Waals surface area contributed by atoms with Crippen LogP contribution in [-0.2, 0) is 9.53 Å². The Balaban J connectivity index is 1.42. The molecule has 2 aliphatic heterocycles. The van der Waals surface area contributed by atoms with Gasteiger partial charge in [-0.2, -0.15) is 0 Å².